The van der Waals surface area contributed by atoms with Crippen molar-refractivity contribution >= 4 is 11.9 Å². The summed E-state index contributed by atoms with van der Waals surface area (Å²) in [7, 11) is 3.06. The molecule has 1 aromatic heterocycles. The van der Waals surface area contributed by atoms with E-state index in [0.717, 1.165) is 11.4 Å². The quantitative estimate of drug-likeness (QED) is 0.768. The normalized spacial score (nSPS) is 10.5. The van der Waals surface area contributed by atoms with Crippen molar-refractivity contribution in [1.82, 2.24) is 14.7 Å². The first kappa shape index (κ1) is 19.3. The molecule has 0 spiro atoms. The molecule has 0 atom stereocenters. The minimum absolute atomic E-state index is 0.0198. The largest absolute Gasteiger partial charge is 0.497 e. The Morgan fingerprint density at radius 1 is 1.12 bits per heavy atom. The molecule has 0 radical (unpaired) electrons. The Morgan fingerprint density at radius 3 is 2.19 bits per heavy atom. The third-order valence-corrected chi connectivity index (χ3v) is 3.85. The summed E-state index contributed by atoms with van der Waals surface area (Å²) in [5.74, 6) is -0.275. The van der Waals surface area contributed by atoms with Gasteiger partial charge in [0.2, 0.25) is 5.91 Å². The lowest BCUT2D eigenvalue weighted by molar-refractivity contribution is -0.145. The van der Waals surface area contributed by atoms with Gasteiger partial charge in [0.15, 0.2) is 0 Å². The molecular weight excluding hydrogens is 338 g/mol. The van der Waals surface area contributed by atoms with Crippen LogP contribution in [0, 0.1) is 13.8 Å². The van der Waals surface area contributed by atoms with Crippen LogP contribution in [0.3, 0.4) is 0 Å². The molecule has 0 aliphatic rings. The summed E-state index contributed by atoms with van der Waals surface area (Å²) in [5, 5.41) is 13.4. The Kier molecular flexibility index (Phi) is 6.21. The van der Waals surface area contributed by atoms with Gasteiger partial charge >= 0.3 is 5.97 Å². The lowest BCUT2D eigenvalue weighted by atomic mass is 10.2. The average molecular weight is 361 g/mol. The molecule has 1 amide bonds. The SMILES string of the molecule is COc1cc(CN(CC(=O)O)C(=O)Cn2nc(C)cc2C)cc(OC)c1. The Morgan fingerprint density at radius 2 is 1.73 bits per heavy atom. The zero-order valence-electron chi connectivity index (χ0n) is 15.4. The second-order valence-electron chi connectivity index (χ2n) is 5.95. The molecule has 0 aliphatic heterocycles. The van der Waals surface area contributed by atoms with E-state index in [0.29, 0.717) is 17.1 Å². The number of nitrogens with zero attached hydrogens (tertiary/aromatic N) is 3. The van der Waals surface area contributed by atoms with Gasteiger partial charge in [0.25, 0.3) is 0 Å². The molecule has 2 aromatic rings. The summed E-state index contributed by atoms with van der Waals surface area (Å²) >= 11 is 0. The van der Waals surface area contributed by atoms with E-state index < -0.39 is 12.5 Å². The van der Waals surface area contributed by atoms with Crippen molar-refractivity contribution in [2.24, 2.45) is 0 Å². The number of aliphatic carboxylic acids is 1. The standard InChI is InChI=1S/C18H23N3O5/c1-12-5-13(2)21(19-12)10-17(22)20(11-18(23)24)9-14-6-15(25-3)8-16(7-14)26-4/h5-8H,9-11H2,1-4H3,(H,23,24). The molecule has 0 saturated carbocycles. The first-order valence-corrected chi connectivity index (χ1v) is 8.05. The second kappa shape index (κ2) is 8.37. The molecule has 0 fully saturated rings. The fraction of sp³-hybridized carbons (Fsp3) is 0.389. The summed E-state index contributed by atoms with van der Waals surface area (Å²) in [5.41, 5.74) is 2.36. The van der Waals surface area contributed by atoms with Crippen LogP contribution in [-0.2, 0) is 22.7 Å². The topological polar surface area (TPSA) is 93.9 Å². The number of amides is 1. The number of carbonyl (C=O) groups excluding carboxylic acids is 1. The van der Waals surface area contributed by atoms with E-state index in [1.54, 1.807) is 22.9 Å². The van der Waals surface area contributed by atoms with E-state index in [1.807, 2.05) is 19.9 Å². The molecule has 2 rings (SSSR count). The first-order valence-electron chi connectivity index (χ1n) is 8.05. The molecule has 1 heterocycles. The number of aryl methyl sites for hydroxylation is 2. The highest BCUT2D eigenvalue weighted by molar-refractivity contribution is 5.81. The van der Waals surface area contributed by atoms with Crippen LogP contribution < -0.4 is 9.47 Å². The molecule has 26 heavy (non-hydrogen) atoms. The van der Waals surface area contributed by atoms with Gasteiger partial charge < -0.3 is 19.5 Å². The van der Waals surface area contributed by atoms with Crippen LogP contribution in [0.1, 0.15) is 17.0 Å². The number of carbonyl (C=O) groups is 2. The predicted molar refractivity (Wildman–Crippen MR) is 94.3 cm³/mol. The number of hydrogen-bond acceptors (Lipinski definition) is 5. The van der Waals surface area contributed by atoms with Crippen LogP contribution >= 0.6 is 0 Å². The average Bonchev–Trinajstić information content (AvgIpc) is 2.90. The van der Waals surface area contributed by atoms with Crippen molar-refractivity contribution in [2.45, 2.75) is 26.9 Å². The van der Waals surface area contributed by atoms with Gasteiger partial charge in [-0.15, -0.1) is 0 Å². The Labute approximate surface area is 151 Å². The van der Waals surface area contributed by atoms with Crippen LogP contribution in [0.4, 0.5) is 0 Å². The van der Waals surface area contributed by atoms with Gasteiger partial charge in [0.05, 0.1) is 19.9 Å². The third kappa shape index (κ3) is 4.98. The highest BCUT2D eigenvalue weighted by Crippen LogP contribution is 2.23. The monoisotopic (exact) mass is 361 g/mol. The van der Waals surface area contributed by atoms with Crippen molar-refractivity contribution in [2.75, 3.05) is 20.8 Å². The van der Waals surface area contributed by atoms with E-state index in [2.05, 4.69) is 5.10 Å². The summed E-state index contributed by atoms with van der Waals surface area (Å²) < 4.78 is 12.0. The smallest absolute Gasteiger partial charge is 0.323 e. The molecule has 1 N–H and O–H groups in total. The first-order chi connectivity index (χ1) is 12.3. The summed E-state index contributed by atoms with van der Waals surface area (Å²) in [4.78, 5) is 25.1. The zero-order valence-corrected chi connectivity index (χ0v) is 15.4. The van der Waals surface area contributed by atoms with Crippen molar-refractivity contribution in [3.05, 3.63) is 41.2 Å². The van der Waals surface area contributed by atoms with Crippen LogP contribution in [0.2, 0.25) is 0 Å². The number of carboxylic acids is 1. The molecule has 1 aromatic carbocycles. The lowest BCUT2D eigenvalue weighted by Crippen LogP contribution is -2.37. The second-order valence-corrected chi connectivity index (χ2v) is 5.95. The fourth-order valence-electron chi connectivity index (χ4n) is 2.64. The van der Waals surface area contributed by atoms with Gasteiger partial charge in [-0.05, 0) is 37.6 Å². The van der Waals surface area contributed by atoms with Gasteiger partial charge in [-0.3, -0.25) is 14.3 Å². The Balaban J connectivity index is 2.22. The number of benzene rings is 1. The molecule has 8 nitrogen and oxygen atoms in total. The predicted octanol–water partition coefficient (Wildman–Crippen LogP) is 1.63. The van der Waals surface area contributed by atoms with E-state index in [1.165, 1.54) is 19.1 Å². The number of aromatic nitrogens is 2. The maximum atomic E-state index is 12.7. The van der Waals surface area contributed by atoms with Gasteiger partial charge in [-0.25, -0.2) is 0 Å². The van der Waals surface area contributed by atoms with Gasteiger partial charge in [-0.2, -0.15) is 5.10 Å². The molecular formula is C18H23N3O5. The van der Waals surface area contributed by atoms with Crippen molar-refractivity contribution in [3.8, 4) is 11.5 Å². The minimum Gasteiger partial charge on any atom is -0.497 e. The van der Waals surface area contributed by atoms with E-state index >= 15 is 0 Å². The number of hydrogen-bond donors (Lipinski definition) is 1. The maximum absolute atomic E-state index is 12.7. The van der Waals surface area contributed by atoms with Crippen LogP contribution in [-0.4, -0.2) is 52.4 Å². The third-order valence-electron chi connectivity index (χ3n) is 3.85. The van der Waals surface area contributed by atoms with Gasteiger partial charge in [-0.1, -0.05) is 0 Å². The molecule has 140 valence electrons. The summed E-state index contributed by atoms with van der Waals surface area (Å²) in [6.45, 7) is 3.39. The van der Waals surface area contributed by atoms with Gasteiger partial charge in [0, 0.05) is 18.3 Å². The summed E-state index contributed by atoms with van der Waals surface area (Å²) in [6.07, 6.45) is 0. The van der Waals surface area contributed by atoms with Crippen LogP contribution in [0.15, 0.2) is 24.3 Å². The van der Waals surface area contributed by atoms with Crippen molar-refractivity contribution < 1.29 is 24.2 Å². The fourth-order valence-corrected chi connectivity index (χ4v) is 2.64. The van der Waals surface area contributed by atoms with E-state index in [9.17, 15) is 14.7 Å². The van der Waals surface area contributed by atoms with Crippen LogP contribution in [0.5, 0.6) is 11.5 Å². The number of ether oxygens (including phenoxy) is 2. The van der Waals surface area contributed by atoms with Crippen molar-refractivity contribution in [1.29, 1.82) is 0 Å². The van der Waals surface area contributed by atoms with Crippen LogP contribution in [0.25, 0.3) is 0 Å². The van der Waals surface area contributed by atoms with Crippen molar-refractivity contribution in [3.63, 3.8) is 0 Å². The molecule has 0 saturated heterocycles. The molecule has 0 unspecified atom stereocenters. The van der Waals surface area contributed by atoms with Gasteiger partial charge in [0.1, 0.15) is 24.6 Å². The highest BCUT2D eigenvalue weighted by atomic mass is 16.5. The lowest BCUT2D eigenvalue weighted by Gasteiger charge is -2.22. The van der Waals surface area contributed by atoms with E-state index in [-0.39, 0.29) is 19.0 Å². The highest BCUT2D eigenvalue weighted by Gasteiger charge is 2.19. The zero-order chi connectivity index (χ0) is 19.3. The van der Waals surface area contributed by atoms with E-state index in [4.69, 9.17) is 9.47 Å². The maximum Gasteiger partial charge on any atom is 0.323 e. The molecule has 8 heteroatoms. The number of methoxy groups -OCH3 is 2. The minimum atomic E-state index is -1.08. The Bertz CT molecular complexity index is 778. The molecule has 0 aliphatic carbocycles. The Hall–Kier alpha value is -3.03. The number of carboxylic acid groups (broad SMARTS) is 1. The molecule has 0 bridgehead atoms. The number of rotatable bonds is 8. The summed E-state index contributed by atoms with van der Waals surface area (Å²) in [6, 6.07) is 7.06.